The standard InChI is InChI=1S/C13H15N3O2S2/c1-9-10(2)19-12-6-4-3-5-11(12)16(9)20(17,18)13-7-14-8-15-13/h3-10H,1-2H3,(H,14,15)/t9-,10-/m1/s1. The number of H-pyrrole nitrogens is 1. The second-order valence-electron chi connectivity index (χ2n) is 4.75. The first-order chi connectivity index (χ1) is 9.51. The predicted molar refractivity (Wildman–Crippen MR) is 79.5 cm³/mol. The van der Waals surface area contributed by atoms with Crippen LogP contribution in [0, 0.1) is 0 Å². The molecule has 3 rings (SSSR count). The largest absolute Gasteiger partial charge is 0.334 e. The summed E-state index contributed by atoms with van der Waals surface area (Å²) in [5, 5.41) is 0.306. The molecule has 106 valence electrons. The number of hydrogen-bond donors (Lipinski definition) is 1. The van der Waals surface area contributed by atoms with E-state index in [0.29, 0.717) is 0 Å². The minimum Gasteiger partial charge on any atom is -0.334 e. The van der Waals surface area contributed by atoms with Crippen molar-refractivity contribution >= 4 is 27.5 Å². The summed E-state index contributed by atoms with van der Waals surface area (Å²) in [7, 11) is -3.61. The van der Waals surface area contributed by atoms with Gasteiger partial charge in [-0.15, -0.1) is 11.8 Å². The Bertz CT molecular complexity index is 713. The summed E-state index contributed by atoms with van der Waals surface area (Å²) in [5.41, 5.74) is 0.734. The van der Waals surface area contributed by atoms with E-state index in [1.807, 2.05) is 38.1 Å². The topological polar surface area (TPSA) is 66.1 Å². The molecule has 1 N–H and O–H groups in total. The van der Waals surface area contributed by atoms with E-state index in [1.54, 1.807) is 11.8 Å². The molecule has 1 aliphatic heterocycles. The summed E-state index contributed by atoms with van der Waals surface area (Å²) >= 11 is 1.71. The van der Waals surface area contributed by atoms with Crippen LogP contribution in [0.3, 0.4) is 0 Å². The molecule has 0 fully saturated rings. The van der Waals surface area contributed by atoms with Crippen molar-refractivity contribution in [2.45, 2.75) is 35.1 Å². The lowest BCUT2D eigenvalue weighted by atomic mass is 10.2. The van der Waals surface area contributed by atoms with Crippen LogP contribution in [0.5, 0.6) is 0 Å². The smallest absolute Gasteiger partial charge is 0.281 e. The van der Waals surface area contributed by atoms with Gasteiger partial charge in [-0.1, -0.05) is 19.1 Å². The van der Waals surface area contributed by atoms with Crippen LogP contribution in [0.15, 0.2) is 46.7 Å². The summed E-state index contributed by atoms with van der Waals surface area (Å²) in [5.74, 6) is 0. The van der Waals surface area contributed by atoms with Gasteiger partial charge in [-0.3, -0.25) is 4.31 Å². The van der Waals surface area contributed by atoms with Gasteiger partial charge in [0, 0.05) is 10.1 Å². The molecule has 7 heteroatoms. The lowest BCUT2D eigenvalue weighted by molar-refractivity contribution is 0.573. The number of aromatic amines is 1. The van der Waals surface area contributed by atoms with Crippen molar-refractivity contribution in [1.29, 1.82) is 0 Å². The van der Waals surface area contributed by atoms with Gasteiger partial charge in [-0.25, -0.2) is 4.98 Å². The van der Waals surface area contributed by atoms with Crippen LogP contribution in [0.25, 0.3) is 0 Å². The Balaban J connectivity index is 2.17. The van der Waals surface area contributed by atoms with Crippen LogP contribution in [-0.2, 0) is 10.0 Å². The first-order valence-electron chi connectivity index (χ1n) is 6.30. The average Bonchev–Trinajstić information content (AvgIpc) is 2.94. The molecule has 0 spiro atoms. The lowest BCUT2D eigenvalue weighted by Crippen LogP contribution is -2.46. The summed E-state index contributed by atoms with van der Waals surface area (Å²) < 4.78 is 27.1. The third-order valence-corrected chi connectivity index (χ3v) is 6.67. The molecule has 2 heterocycles. The van der Waals surface area contributed by atoms with Crippen molar-refractivity contribution < 1.29 is 8.42 Å². The normalized spacial score (nSPS) is 22.6. The lowest BCUT2D eigenvalue weighted by Gasteiger charge is -2.38. The van der Waals surface area contributed by atoms with E-state index in [9.17, 15) is 8.42 Å². The first-order valence-corrected chi connectivity index (χ1v) is 8.62. The van der Waals surface area contributed by atoms with Gasteiger partial charge in [0.15, 0.2) is 5.03 Å². The second kappa shape index (κ2) is 4.82. The first kappa shape index (κ1) is 13.5. The quantitative estimate of drug-likeness (QED) is 0.925. The fourth-order valence-corrected chi connectivity index (χ4v) is 5.23. The summed E-state index contributed by atoms with van der Waals surface area (Å²) in [6.07, 6.45) is 2.72. The fourth-order valence-electron chi connectivity index (χ4n) is 2.29. The van der Waals surface area contributed by atoms with Crippen LogP contribution in [0.4, 0.5) is 5.69 Å². The monoisotopic (exact) mass is 309 g/mol. The number of thioether (sulfide) groups is 1. The number of benzene rings is 1. The zero-order chi connectivity index (χ0) is 14.3. The van der Waals surface area contributed by atoms with Crippen molar-refractivity contribution in [2.24, 2.45) is 0 Å². The predicted octanol–water partition coefficient (Wildman–Crippen LogP) is 2.49. The fraction of sp³-hybridized carbons (Fsp3) is 0.308. The minimum absolute atomic E-state index is 0.122. The molecule has 1 aromatic carbocycles. The molecule has 0 amide bonds. The van der Waals surface area contributed by atoms with Crippen LogP contribution >= 0.6 is 11.8 Å². The van der Waals surface area contributed by atoms with E-state index >= 15 is 0 Å². The summed E-state index contributed by atoms with van der Waals surface area (Å²) in [6.45, 7) is 3.97. The van der Waals surface area contributed by atoms with Gasteiger partial charge in [-0.2, -0.15) is 8.42 Å². The number of hydrogen-bond acceptors (Lipinski definition) is 4. The number of para-hydroxylation sites is 1. The number of nitrogens with zero attached hydrogens (tertiary/aromatic N) is 2. The number of anilines is 1. The number of fused-ring (bicyclic) bond motifs is 1. The zero-order valence-electron chi connectivity index (χ0n) is 11.1. The van der Waals surface area contributed by atoms with Crippen molar-refractivity contribution in [2.75, 3.05) is 4.31 Å². The van der Waals surface area contributed by atoms with Gasteiger partial charge in [0.2, 0.25) is 0 Å². The van der Waals surface area contributed by atoms with E-state index < -0.39 is 10.0 Å². The SMILES string of the molecule is C[C@@H]1[C@@H](C)Sc2ccccc2N1S(=O)(=O)c1cnc[nH]1. The highest BCUT2D eigenvalue weighted by Crippen LogP contribution is 2.43. The molecule has 5 nitrogen and oxygen atoms in total. The van der Waals surface area contributed by atoms with Gasteiger partial charge in [-0.05, 0) is 19.1 Å². The molecule has 2 atom stereocenters. The highest BCUT2D eigenvalue weighted by molar-refractivity contribution is 8.00. The van der Waals surface area contributed by atoms with E-state index in [-0.39, 0.29) is 16.3 Å². The van der Waals surface area contributed by atoms with E-state index in [2.05, 4.69) is 9.97 Å². The summed E-state index contributed by atoms with van der Waals surface area (Å²) in [4.78, 5) is 7.50. The number of aromatic nitrogens is 2. The second-order valence-corrected chi connectivity index (χ2v) is 7.95. The summed E-state index contributed by atoms with van der Waals surface area (Å²) in [6, 6.07) is 7.46. The maximum atomic E-state index is 12.8. The number of sulfonamides is 1. The highest BCUT2D eigenvalue weighted by atomic mass is 32.2. The third kappa shape index (κ3) is 2.01. The number of rotatable bonds is 2. The van der Waals surface area contributed by atoms with Crippen molar-refractivity contribution in [3.8, 4) is 0 Å². The molecule has 2 aromatic rings. The van der Waals surface area contributed by atoms with Gasteiger partial charge in [0.1, 0.15) is 0 Å². The van der Waals surface area contributed by atoms with Crippen molar-refractivity contribution in [1.82, 2.24) is 9.97 Å². The molecule has 0 bridgehead atoms. The molecule has 1 aromatic heterocycles. The van der Waals surface area contributed by atoms with Crippen molar-refractivity contribution in [3.05, 3.63) is 36.8 Å². The molecule has 0 saturated carbocycles. The number of imidazole rings is 1. The molecule has 0 unspecified atom stereocenters. The van der Waals surface area contributed by atoms with Crippen LogP contribution in [0.1, 0.15) is 13.8 Å². The Kier molecular flexibility index (Phi) is 3.25. The Morgan fingerprint density at radius 1 is 1.30 bits per heavy atom. The van der Waals surface area contributed by atoms with E-state index in [4.69, 9.17) is 0 Å². The molecule has 0 aliphatic carbocycles. The van der Waals surface area contributed by atoms with Crippen LogP contribution in [0.2, 0.25) is 0 Å². The Morgan fingerprint density at radius 3 is 2.75 bits per heavy atom. The molecule has 20 heavy (non-hydrogen) atoms. The minimum atomic E-state index is -3.61. The van der Waals surface area contributed by atoms with Gasteiger partial charge >= 0.3 is 0 Å². The van der Waals surface area contributed by atoms with Gasteiger partial charge < -0.3 is 4.98 Å². The van der Waals surface area contributed by atoms with E-state index in [1.165, 1.54) is 16.8 Å². The van der Waals surface area contributed by atoms with Crippen LogP contribution in [-0.4, -0.2) is 29.7 Å². The maximum absolute atomic E-state index is 12.8. The molecule has 0 saturated heterocycles. The van der Waals surface area contributed by atoms with Gasteiger partial charge in [0.05, 0.1) is 24.3 Å². The maximum Gasteiger partial charge on any atom is 0.281 e. The molecular weight excluding hydrogens is 294 g/mol. The van der Waals surface area contributed by atoms with Gasteiger partial charge in [0.25, 0.3) is 10.0 Å². The highest BCUT2D eigenvalue weighted by Gasteiger charge is 2.38. The molecule has 1 aliphatic rings. The Labute approximate surface area is 122 Å². The zero-order valence-corrected chi connectivity index (χ0v) is 12.8. The molecular formula is C13H15N3O2S2. The van der Waals surface area contributed by atoms with E-state index in [0.717, 1.165) is 10.6 Å². The third-order valence-electron chi connectivity index (χ3n) is 3.47. The average molecular weight is 309 g/mol. The molecule has 0 radical (unpaired) electrons. The van der Waals surface area contributed by atoms with Crippen LogP contribution < -0.4 is 4.31 Å². The number of nitrogens with one attached hydrogen (secondary N) is 1. The Morgan fingerprint density at radius 2 is 2.05 bits per heavy atom. The Hall–Kier alpha value is -1.47. The van der Waals surface area contributed by atoms with Crippen molar-refractivity contribution in [3.63, 3.8) is 0 Å².